The summed E-state index contributed by atoms with van der Waals surface area (Å²) in [7, 11) is 1.81. The average molecular weight is 247 g/mol. The topological polar surface area (TPSA) is 88.3 Å². The van der Waals surface area contributed by atoms with E-state index in [9.17, 15) is 4.79 Å². The van der Waals surface area contributed by atoms with Gasteiger partial charge in [-0.25, -0.2) is 0 Å². The average Bonchev–Trinajstić information content (AvgIpc) is 3.03. The Morgan fingerprint density at radius 2 is 2.39 bits per heavy atom. The van der Waals surface area contributed by atoms with E-state index in [1.54, 1.807) is 17.0 Å². The zero-order valence-corrected chi connectivity index (χ0v) is 9.94. The molecule has 2 aromatic rings. The van der Waals surface area contributed by atoms with Gasteiger partial charge in [0.05, 0.1) is 6.54 Å². The maximum absolute atomic E-state index is 11.7. The third-order valence-corrected chi connectivity index (χ3v) is 2.77. The molecule has 3 rings (SSSR count). The van der Waals surface area contributed by atoms with Crippen LogP contribution in [0.15, 0.2) is 12.1 Å². The van der Waals surface area contributed by atoms with Crippen molar-refractivity contribution in [2.75, 3.05) is 18.5 Å². The van der Waals surface area contributed by atoms with Crippen molar-refractivity contribution < 1.29 is 4.79 Å². The second-order valence-corrected chi connectivity index (χ2v) is 4.42. The molecule has 0 aromatic carbocycles. The Morgan fingerprint density at radius 3 is 3.17 bits per heavy atom. The molecular formula is C10H13N7O. The van der Waals surface area contributed by atoms with Crippen molar-refractivity contribution in [2.45, 2.75) is 18.9 Å². The van der Waals surface area contributed by atoms with Crippen LogP contribution in [0, 0.1) is 0 Å². The molecule has 0 unspecified atom stereocenters. The molecule has 0 radical (unpaired) electrons. The molecule has 1 amide bonds. The zero-order chi connectivity index (χ0) is 12.5. The van der Waals surface area contributed by atoms with Crippen LogP contribution < -0.4 is 10.2 Å². The largest absolute Gasteiger partial charge is 0.352 e. The van der Waals surface area contributed by atoms with E-state index in [4.69, 9.17) is 0 Å². The zero-order valence-electron chi connectivity index (χ0n) is 9.94. The second kappa shape index (κ2) is 4.21. The van der Waals surface area contributed by atoms with Crippen LogP contribution in [0.1, 0.15) is 12.8 Å². The number of amides is 1. The molecule has 94 valence electrons. The molecule has 8 heteroatoms. The van der Waals surface area contributed by atoms with Crippen LogP contribution in [0.5, 0.6) is 0 Å². The van der Waals surface area contributed by atoms with Gasteiger partial charge in [-0.05, 0) is 35.4 Å². The van der Waals surface area contributed by atoms with Gasteiger partial charge in [0.25, 0.3) is 0 Å². The maximum Gasteiger partial charge on any atom is 0.239 e. The molecule has 1 N–H and O–H groups in total. The third-order valence-electron chi connectivity index (χ3n) is 2.77. The number of nitrogens with one attached hydrogen (secondary N) is 1. The fourth-order valence-electron chi connectivity index (χ4n) is 1.64. The molecule has 18 heavy (non-hydrogen) atoms. The number of fused-ring (bicyclic) bond motifs is 1. The second-order valence-electron chi connectivity index (χ2n) is 4.42. The van der Waals surface area contributed by atoms with Gasteiger partial charge < -0.3 is 10.2 Å². The fraction of sp³-hybridized carbons (Fsp3) is 0.500. The summed E-state index contributed by atoms with van der Waals surface area (Å²) < 4.78 is 1.34. The van der Waals surface area contributed by atoms with Crippen molar-refractivity contribution in [2.24, 2.45) is 0 Å². The quantitative estimate of drug-likeness (QED) is 0.763. The van der Waals surface area contributed by atoms with Crippen LogP contribution in [0.25, 0.3) is 5.65 Å². The molecule has 0 saturated heterocycles. The Bertz CT molecular complexity index is 576. The van der Waals surface area contributed by atoms with Gasteiger partial charge in [0, 0.05) is 13.1 Å². The first-order valence-electron chi connectivity index (χ1n) is 5.78. The Morgan fingerprint density at radius 1 is 1.56 bits per heavy atom. The van der Waals surface area contributed by atoms with Gasteiger partial charge in [-0.15, -0.1) is 14.8 Å². The van der Waals surface area contributed by atoms with Crippen molar-refractivity contribution in [1.29, 1.82) is 0 Å². The minimum absolute atomic E-state index is 0.0126. The smallest absolute Gasteiger partial charge is 0.239 e. The predicted octanol–water partition coefficient (Wildman–Crippen LogP) is -0.766. The number of rotatable bonds is 4. The van der Waals surface area contributed by atoms with Crippen LogP contribution in [0.3, 0.4) is 0 Å². The Hall–Kier alpha value is -2.25. The molecular weight excluding hydrogens is 234 g/mol. The van der Waals surface area contributed by atoms with E-state index in [2.05, 4.69) is 25.9 Å². The molecule has 1 aliphatic carbocycles. The molecule has 1 aliphatic rings. The van der Waals surface area contributed by atoms with E-state index < -0.39 is 0 Å². The van der Waals surface area contributed by atoms with E-state index in [1.807, 2.05) is 7.05 Å². The number of tetrazole rings is 1. The molecule has 8 nitrogen and oxygen atoms in total. The van der Waals surface area contributed by atoms with Crippen molar-refractivity contribution in [3.05, 3.63) is 12.1 Å². The van der Waals surface area contributed by atoms with Gasteiger partial charge in [-0.1, -0.05) is 0 Å². The SMILES string of the molecule is CN(CC(=O)NC1CC1)c1ccc2nnnn2n1. The number of carbonyl (C=O) groups excluding carboxylic acids is 1. The molecule has 1 fully saturated rings. The van der Waals surface area contributed by atoms with Gasteiger partial charge in [-0.3, -0.25) is 4.79 Å². The van der Waals surface area contributed by atoms with E-state index in [-0.39, 0.29) is 12.5 Å². The Labute approximate surface area is 103 Å². The Balaban J connectivity index is 1.69. The predicted molar refractivity (Wildman–Crippen MR) is 63.0 cm³/mol. The highest BCUT2D eigenvalue weighted by Crippen LogP contribution is 2.18. The summed E-state index contributed by atoms with van der Waals surface area (Å²) in [5.41, 5.74) is 0.578. The first-order valence-corrected chi connectivity index (χ1v) is 5.78. The lowest BCUT2D eigenvalue weighted by Gasteiger charge is -2.16. The van der Waals surface area contributed by atoms with Gasteiger partial charge in [-0.2, -0.15) is 0 Å². The first kappa shape index (κ1) is 10.9. The normalized spacial score (nSPS) is 14.7. The maximum atomic E-state index is 11.7. The summed E-state index contributed by atoms with van der Waals surface area (Å²) in [5.74, 6) is 0.666. The van der Waals surface area contributed by atoms with Gasteiger partial charge >= 0.3 is 0 Å². The van der Waals surface area contributed by atoms with Crippen LogP contribution in [0.4, 0.5) is 5.82 Å². The van der Waals surface area contributed by atoms with E-state index in [1.165, 1.54) is 4.63 Å². The summed E-state index contributed by atoms with van der Waals surface area (Å²) in [5, 5.41) is 18.1. The molecule has 0 atom stereocenters. The number of anilines is 1. The third kappa shape index (κ3) is 2.22. The summed E-state index contributed by atoms with van der Waals surface area (Å²) in [4.78, 5) is 13.4. The summed E-state index contributed by atoms with van der Waals surface area (Å²) in [6, 6.07) is 3.93. The first-order chi connectivity index (χ1) is 8.72. The monoisotopic (exact) mass is 247 g/mol. The van der Waals surface area contributed by atoms with Gasteiger partial charge in [0.1, 0.15) is 0 Å². The molecule has 0 aliphatic heterocycles. The summed E-state index contributed by atoms with van der Waals surface area (Å²) >= 11 is 0. The highest BCUT2D eigenvalue weighted by molar-refractivity contribution is 5.81. The lowest BCUT2D eigenvalue weighted by molar-refractivity contribution is -0.119. The summed E-state index contributed by atoms with van der Waals surface area (Å²) in [6.07, 6.45) is 2.18. The number of likely N-dealkylation sites (N-methyl/N-ethyl adjacent to an activating group) is 1. The van der Waals surface area contributed by atoms with E-state index in [0.717, 1.165) is 12.8 Å². The highest BCUT2D eigenvalue weighted by atomic mass is 16.2. The molecule has 2 heterocycles. The molecule has 0 bridgehead atoms. The number of carbonyl (C=O) groups is 1. The lowest BCUT2D eigenvalue weighted by Crippen LogP contribution is -2.36. The highest BCUT2D eigenvalue weighted by Gasteiger charge is 2.23. The summed E-state index contributed by atoms with van der Waals surface area (Å²) in [6.45, 7) is 0.275. The number of hydrogen-bond acceptors (Lipinski definition) is 6. The van der Waals surface area contributed by atoms with Crippen LogP contribution >= 0.6 is 0 Å². The standard InChI is InChI=1S/C10H13N7O/c1-16(6-10(18)11-7-2-3-7)9-5-4-8-12-14-15-17(8)13-9/h4-5,7H,2-3,6H2,1H3,(H,11,18). The van der Waals surface area contributed by atoms with Crippen molar-refractivity contribution >= 4 is 17.4 Å². The van der Waals surface area contributed by atoms with Gasteiger partial charge in [0.15, 0.2) is 11.5 Å². The van der Waals surface area contributed by atoms with Crippen molar-refractivity contribution in [3.63, 3.8) is 0 Å². The van der Waals surface area contributed by atoms with Gasteiger partial charge in [0.2, 0.25) is 5.91 Å². The number of nitrogens with zero attached hydrogens (tertiary/aromatic N) is 6. The van der Waals surface area contributed by atoms with Crippen LogP contribution in [-0.4, -0.2) is 50.8 Å². The fourth-order valence-corrected chi connectivity index (χ4v) is 1.64. The molecule has 1 saturated carbocycles. The van der Waals surface area contributed by atoms with Crippen LogP contribution in [-0.2, 0) is 4.79 Å². The Kier molecular flexibility index (Phi) is 2.54. The van der Waals surface area contributed by atoms with Crippen molar-refractivity contribution in [3.8, 4) is 0 Å². The molecule has 0 spiro atoms. The minimum Gasteiger partial charge on any atom is -0.352 e. The number of hydrogen-bond donors (Lipinski definition) is 1. The van der Waals surface area contributed by atoms with Crippen LogP contribution in [0.2, 0.25) is 0 Å². The minimum atomic E-state index is 0.0126. The van der Waals surface area contributed by atoms with Crippen molar-refractivity contribution in [1.82, 2.24) is 30.6 Å². The van der Waals surface area contributed by atoms with E-state index in [0.29, 0.717) is 17.5 Å². The molecule has 2 aromatic heterocycles. The number of aromatic nitrogens is 5. The van der Waals surface area contributed by atoms with E-state index >= 15 is 0 Å². The lowest BCUT2D eigenvalue weighted by atomic mass is 10.4.